The first-order chi connectivity index (χ1) is 8.65. The third-order valence-electron chi connectivity index (χ3n) is 2.86. The van der Waals surface area contributed by atoms with Gasteiger partial charge in [-0.15, -0.1) is 0 Å². The molecule has 0 atom stereocenters. The van der Waals surface area contributed by atoms with Crippen molar-refractivity contribution in [2.24, 2.45) is 5.92 Å². The van der Waals surface area contributed by atoms with Crippen LogP contribution in [0.2, 0.25) is 0 Å². The fraction of sp³-hybridized carbons (Fsp3) is 0.400. The Morgan fingerprint density at radius 3 is 2.61 bits per heavy atom. The molecule has 0 aliphatic rings. The van der Waals surface area contributed by atoms with Crippen molar-refractivity contribution >= 4 is 5.95 Å². The minimum Gasteiger partial charge on any atom is -0.355 e. The summed E-state index contributed by atoms with van der Waals surface area (Å²) in [4.78, 5) is 4.35. The first-order valence-corrected chi connectivity index (χ1v) is 6.45. The molecule has 1 heterocycles. The molecule has 0 aliphatic heterocycles. The fourth-order valence-corrected chi connectivity index (χ4v) is 1.79. The topological polar surface area (TPSA) is 29.9 Å². The highest BCUT2D eigenvalue weighted by molar-refractivity contribution is 5.29. The van der Waals surface area contributed by atoms with E-state index >= 15 is 0 Å². The van der Waals surface area contributed by atoms with Crippen LogP contribution in [0.1, 0.15) is 25.0 Å². The molecule has 0 amide bonds. The number of hydrogen-bond acceptors (Lipinski definition) is 2. The molecule has 0 saturated carbocycles. The van der Waals surface area contributed by atoms with E-state index in [1.54, 1.807) is 0 Å². The Morgan fingerprint density at radius 1 is 1.22 bits per heavy atom. The van der Waals surface area contributed by atoms with Crippen LogP contribution in [0.25, 0.3) is 0 Å². The molecule has 3 heteroatoms. The lowest BCUT2D eigenvalue weighted by Crippen LogP contribution is -2.13. The quantitative estimate of drug-likeness (QED) is 0.873. The minimum absolute atomic E-state index is 0.620. The molecule has 3 nitrogen and oxygen atoms in total. The van der Waals surface area contributed by atoms with E-state index in [-0.39, 0.29) is 0 Å². The zero-order chi connectivity index (χ0) is 13.0. The number of anilines is 1. The number of aryl methyl sites for hydroxylation is 1. The summed E-state index contributed by atoms with van der Waals surface area (Å²) < 4.78 is 2.15. The van der Waals surface area contributed by atoms with Crippen molar-refractivity contribution in [3.8, 4) is 0 Å². The van der Waals surface area contributed by atoms with Crippen LogP contribution in [0.5, 0.6) is 0 Å². The lowest BCUT2D eigenvalue weighted by Gasteiger charge is -2.11. The predicted octanol–water partition coefficient (Wildman–Crippen LogP) is 3.31. The second-order valence-electron chi connectivity index (χ2n) is 5.14. The number of hydrogen-bond donors (Lipinski definition) is 1. The van der Waals surface area contributed by atoms with E-state index in [1.807, 2.05) is 12.4 Å². The average Bonchev–Trinajstić information content (AvgIpc) is 2.77. The number of imidazole rings is 1. The van der Waals surface area contributed by atoms with E-state index in [4.69, 9.17) is 0 Å². The van der Waals surface area contributed by atoms with Crippen LogP contribution in [-0.2, 0) is 6.54 Å². The molecule has 1 aromatic heterocycles. The summed E-state index contributed by atoms with van der Waals surface area (Å²) in [6.45, 7) is 8.31. The third-order valence-corrected chi connectivity index (χ3v) is 2.86. The lowest BCUT2D eigenvalue weighted by atomic mass is 10.1. The van der Waals surface area contributed by atoms with E-state index in [9.17, 15) is 0 Å². The van der Waals surface area contributed by atoms with Gasteiger partial charge in [-0.05, 0) is 18.4 Å². The average molecular weight is 243 g/mol. The smallest absolute Gasteiger partial charge is 0.203 e. The van der Waals surface area contributed by atoms with Crippen molar-refractivity contribution in [3.05, 3.63) is 47.8 Å². The van der Waals surface area contributed by atoms with Crippen molar-refractivity contribution in [2.75, 3.05) is 11.9 Å². The van der Waals surface area contributed by atoms with Crippen LogP contribution < -0.4 is 5.32 Å². The van der Waals surface area contributed by atoms with E-state index in [0.717, 1.165) is 19.0 Å². The van der Waals surface area contributed by atoms with Gasteiger partial charge in [0.1, 0.15) is 0 Å². The number of aromatic nitrogens is 2. The Balaban J connectivity index is 2.05. The maximum absolute atomic E-state index is 4.35. The molecule has 18 heavy (non-hydrogen) atoms. The molecule has 0 spiro atoms. The fourth-order valence-electron chi connectivity index (χ4n) is 1.79. The van der Waals surface area contributed by atoms with Crippen molar-refractivity contribution in [2.45, 2.75) is 27.3 Å². The molecule has 96 valence electrons. The van der Waals surface area contributed by atoms with Crippen LogP contribution in [-0.4, -0.2) is 16.1 Å². The van der Waals surface area contributed by atoms with E-state index < -0.39 is 0 Å². The maximum atomic E-state index is 4.35. The van der Waals surface area contributed by atoms with Gasteiger partial charge in [-0.3, -0.25) is 0 Å². The Morgan fingerprint density at radius 2 is 1.94 bits per heavy atom. The number of benzene rings is 1. The number of rotatable bonds is 5. The zero-order valence-corrected chi connectivity index (χ0v) is 11.4. The largest absolute Gasteiger partial charge is 0.355 e. The molecular weight excluding hydrogens is 222 g/mol. The molecule has 0 unspecified atom stereocenters. The van der Waals surface area contributed by atoms with Gasteiger partial charge in [-0.1, -0.05) is 43.7 Å². The monoisotopic (exact) mass is 243 g/mol. The van der Waals surface area contributed by atoms with Crippen molar-refractivity contribution in [1.82, 2.24) is 9.55 Å². The third kappa shape index (κ3) is 3.36. The first kappa shape index (κ1) is 12.7. The Kier molecular flexibility index (Phi) is 4.03. The molecule has 0 aliphatic carbocycles. The van der Waals surface area contributed by atoms with Gasteiger partial charge in [-0.2, -0.15) is 0 Å². The second-order valence-corrected chi connectivity index (χ2v) is 5.14. The van der Waals surface area contributed by atoms with Crippen LogP contribution in [0.3, 0.4) is 0 Å². The molecule has 1 N–H and O–H groups in total. The highest BCUT2D eigenvalue weighted by atomic mass is 15.2. The highest BCUT2D eigenvalue weighted by Crippen LogP contribution is 2.11. The van der Waals surface area contributed by atoms with Gasteiger partial charge < -0.3 is 9.88 Å². The van der Waals surface area contributed by atoms with Gasteiger partial charge in [0.15, 0.2) is 0 Å². The van der Waals surface area contributed by atoms with Gasteiger partial charge in [0.2, 0.25) is 5.95 Å². The predicted molar refractivity (Wildman–Crippen MR) is 75.8 cm³/mol. The van der Waals surface area contributed by atoms with E-state index in [1.165, 1.54) is 11.1 Å². The summed E-state index contributed by atoms with van der Waals surface area (Å²) in [6, 6.07) is 8.63. The Bertz CT molecular complexity index is 483. The van der Waals surface area contributed by atoms with E-state index in [0.29, 0.717) is 5.92 Å². The number of nitrogens with one attached hydrogen (secondary N) is 1. The van der Waals surface area contributed by atoms with Crippen molar-refractivity contribution < 1.29 is 0 Å². The summed E-state index contributed by atoms with van der Waals surface area (Å²) in [7, 11) is 0. The molecule has 2 aromatic rings. The molecule has 2 rings (SSSR count). The molecule has 0 radical (unpaired) electrons. The van der Waals surface area contributed by atoms with Gasteiger partial charge in [0.05, 0.1) is 6.54 Å². The summed E-state index contributed by atoms with van der Waals surface area (Å²) >= 11 is 0. The summed E-state index contributed by atoms with van der Waals surface area (Å²) in [6.07, 6.45) is 3.86. The normalized spacial score (nSPS) is 10.9. The van der Waals surface area contributed by atoms with Gasteiger partial charge in [0, 0.05) is 18.9 Å². The minimum atomic E-state index is 0.620. The van der Waals surface area contributed by atoms with Crippen LogP contribution in [0.4, 0.5) is 5.95 Å². The van der Waals surface area contributed by atoms with Crippen molar-refractivity contribution in [1.29, 1.82) is 0 Å². The summed E-state index contributed by atoms with van der Waals surface area (Å²) in [5.41, 5.74) is 2.59. The zero-order valence-electron chi connectivity index (χ0n) is 11.4. The van der Waals surface area contributed by atoms with Gasteiger partial charge in [-0.25, -0.2) is 4.98 Å². The maximum Gasteiger partial charge on any atom is 0.203 e. The van der Waals surface area contributed by atoms with Gasteiger partial charge >= 0.3 is 0 Å². The first-order valence-electron chi connectivity index (χ1n) is 6.45. The Labute approximate surface area is 109 Å². The van der Waals surface area contributed by atoms with Crippen LogP contribution in [0.15, 0.2) is 36.7 Å². The molecule has 0 saturated heterocycles. The van der Waals surface area contributed by atoms with E-state index in [2.05, 4.69) is 59.9 Å². The molecule has 1 aromatic carbocycles. The Hall–Kier alpha value is -1.77. The van der Waals surface area contributed by atoms with Gasteiger partial charge in [0.25, 0.3) is 0 Å². The summed E-state index contributed by atoms with van der Waals surface area (Å²) in [5, 5.41) is 3.38. The van der Waals surface area contributed by atoms with Crippen LogP contribution in [0, 0.1) is 12.8 Å². The van der Waals surface area contributed by atoms with Crippen molar-refractivity contribution in [3.63, 3.8) is 0 Å². The standard InChI is InChI=1S/C15H21N3/c1-12(2)10-17-15-16-8-9-18(15)11-14-6-4-13(3)5-7-14/h4-9,12H,10-11H2,1-3H3,(H,16,17). The lowest BCUT2D eigenvalue weighted by molar-refractivity contribution is 0.676. The summed E-state index contributed by atoms with van der Waals surface area (Å²) in [5.74, 6) is 1.57. The molecule has 0 bridgehead atoms. The number of nitrogens with zero attached hydrogens (tertiary/aromatic N) is 2. The van der Waals surface area contributed by atoms with Crippen LogP contribution >= 0.6 is 0 Å². The SMILES string of the molecule is Cc1ccc(Cn2ccnc2NCC(C)C)cc1. The molecular formula is C15H21N3. The highest BCUT2D eigenvalue weighted by Gasteiger charge is 2.03. The second kappa shape index (κ2) is 5.71. The molecule has 0 fully saturated rings.